The maximum Gasteiger partial charge on any atom is 0.124 e. The lowest BCUT2D eigenvalue weighted by atomic mass is 10.0. The van der Waals surface area contributed by atoms with E-state index >= 15 is 0 Å². The molecule has 0 bridgehead atoms. The summed E-state index contributed by atoms with van der Waals surface area (Å²) in [7, 11) is 0. The van der Waals surface area contributed by atoms with Crippen molar-refractivity contribution in [1.29, 1.82) is 0 Å². The summed E-state index contributed by atoms with van der Waals surface area (Å²) < 4.78 is 6.42. The Morgan fingerprint density at radius 3 is 2.37 bits per heavy atom. The van der Waals surface area contributed by atoms with Gasteiger partial charge in [0.05, 0.1) is 5.52 Å². The first-order valence-corrected chi connectivity index (χ1v) is 9.77. The summed E-state index contributed by atoms with van der Waals surface area (Å²) in [6.07, 6.45) is 3.40. The van der Waals surface area contributed by atoms with Crippen molar-refractivity contribution >= 4 is 21.7 Å². The number of pyridine rings is 1. The maximum atomic E-state index is 6.42. The highest BCUT2D eigenvalue weighted by atomic mass is 16.5. The van der Waals surface area contributed by atoms with Gasteiger partial charge in [-0.05, 0) is 42.8 Å². The van der Waals surface area contributed by atoms with Crippen LogP contribution in [0.2, 0.25) is 0 Å². The van der Waals surface area contributed by atoms with Crippen molar-refractivity contribution in [3.05, 3.63) is 84.1 Å². The van der Waals surface area contributed by atoms with Gasteiger partial charge in [0, 0.05) is 22.5 Å². The molecule has 0 radical (unpaired) electrons. The van der Waals surface area contributed by atoms with Crippen molar-refractivity contribution in [2.24, 2.45) is 0 Å². The van der Waals surface area contributed by atoms with Gasteiger partial charge in [-0.3, -0.25) is 4.98 Å². The molecule has 2 nitrogen and oxygen atoms in total. The van der Waals surface area contributed by atoms with Crippen LogP contribution in [0, 0.1) is 6.92 Å². The first kappa shape index (κ1) is 17.5. The van der Waals surface area contributed by atoms with Crippen LogP contribution in [0.25, 0.3) is 21.7 Å². The second-order valence-electron chi connectivity index (χ2n) is 7.08. The van der Waals surface area contributed by atoms with E-state index < -0.39 is 0 Å². The number of aryl methyl sites for hydroxylation is 1. The second kappa shape index (κ2) is 7.79. The smallest absolute Gasteiger partial charge is 0.124 e. The Kier molecular flexibility index (Phi) is 5.06. The van der Waals surface area contributed by atoms with Crippen LogP contribution in [0.1, 0.15) is 43.5 Å². The monoisotopic (exact) mass is 355 g/mol. The van der Waals surface area contributed by atoms with Crippen molar-refractivity contribution in [2.45, 2.75) is 39.2 Å². The van der Waals surface area contributed by atoms with Gasteiger partial charge in [0.25, 0.3) is 0 Å². The van der Waals surface area contributed by atoms with Crippen LogP contribution in [0.15, 0.2) is 72.8 Å². The normalized spacial score (nSPS) is 12.4. The minimum absolute atomic E-state index is 0.0742. The molecular formula is C25H25NO. The first-order valence-electron chi connectivity index (χ1n) is 9.77. The Morgan fingerprint density at radius 1 is 0.852 bits per heavy atom. The SMILES string of the molecule is CCCCC(Oc1ccc2c(c1)nc(C)c1ccccc12)c1ccccc1. The highest BCUT2D eigenvalue weighted by Crippen LogP contribution is 2.31. The summed E-state index contributed by atoms with van der Waals surface area (Å²) in [5.41, 5.74) is 3.28. The molecule has 1 aromatic heterocycles. The van der Waals surface area contributed by atoms with Gasteiger partial charge in [-0.25, -0.2) is 0 Å². The lowest BCUT2D eigenvalue weighted by Gasteiger charge is -2.20. The number of fused-ring (bicyclic) bond motifs is 3. The molecule has 27 heavy (non-hydrogen) atoms. The van der Waals surface area contributed by atoms with E-state index in [-0.39, 0.29) is 6.10 Å². The van der Waals surface area contributed by atoms with Crippen LogP contribution < -0.4 is 4.74 Å². The first-order chi connectivity index (χ1) is 13.3. The molecule has 0 aliphatic heterocycles. The Balaban J connectivity index is 1.71. The molecule has 4 rings (SSSR count). The molecule has 0 spiro atoms. The predicted molar refractivity (Wildman–Crippen MR) is 113 cm³/mol. The zero-order valence-electron chi connectivity index (χ0n) is 16.0. The average molecular weight is 355 g/mol. The summed E-state index contributed by atoms with van der Waals surface area (Å²) in [4.78, 5) is 4.83. The molecule has 2 heteroatoms. The molecule has 1 heterocycles. The number of rotatable bonds is 6. The van der Waals surface area contributed by atoms with E-state index in [4.69, 9.17) is 9.72 Å². The van der Waals surface area contributed by atoms with Crippen LogP contribution in [0.5, 0.6) is 5.75 Å². The molecule has 1 unspecified atom stereocenters. The fourth-order valence-electron chi connectivity index (χ4n) is 3.69. The largest absolute Gasteiger partial charge is 0.486 e. The summed E-state index contributed by atoms with van der Waals surface area (Å²) in [6.45, 7) is 4.29. The third kappa shape index (κ3) is 3.66. The van der Waals surface area contributed by atoms with Crippen LogP contribution >= 0.6 is 0 Å². The predicted octanol–water partition coefficient (Wildman–Crippen LogP) is 7.01. The number of hydrogen-bond donors (Lipinski definition) is 0. The zero-order chi connectivity index (χ0) is 18.6. The molecule has 0 N–H and O–H groups in total. The molecule has 0 fully saturated rings. The molecule has 1 atom stereocenters. The third-order valence-electron chi connectivity index (χ3n) is 5.13. The van der Waals surface area contributed by atoms with E-state index in [1.807, 2.05) is 6.07 Å². The van der Waals surface area contributed by atoms with E-state index in [0.29, 0.717) is 0 Å². The van der Waals surface area contributed by atoms with E-state index in [2.05, 4.69) is 80.6 Å². The van der Waals surface area contributed by atoms with Crippen molar-refractivity contribution in [1.82, 2.24) is 4.98 Å². The molecule has 3 aromatic carbocycles. The number of unbranched alkanes of at least 4 members (excludes halogenated alkanes) is 1. The Morgan fingerprint density at radius 2 is 1.59 bits per heavy atom. The molecule has 0 amide bonds. The van der Waals surface area contributed by atoms with Gasteiger partial charge < -0.3 is 4.74 Å². The zero-order valence-corrected chi connectivity index (χ0v) is 16.0. The number of benzene rings is 3. The number of ether oxygens (including phenoxy) is 1. The quantitative estimate of drug-likeness (QED) is 0.347. The fraction of sp³-hybridized carbons (Fsp3) is 0.240. The van der Waals surface area contributed by atoms with Crippen LogP contribution in [0.4, 0.5) is 0 Å². The summed E-state index contributed by atoms with van der Waals surface area (Å²) in [5, 5.41) is 3.63. The van der Waals surface area contributed by atoms with Crippen molar-refractivity contribution in [3.8, 4) is 5.75 Å². The average Bonchev–Trinajstić information content (AvgIpc) is 2.72. The molecule has 0 saturated carbocycles. The van der Waals surface area contributed by atoms with Crippen molar-refractivity contribution in [3.63, 3.8) is 0 Å². The number of aromatic nitrogens is 1. The Bertz CT molecular complexity index is 1060. The van der Waals surface area contributed by atoms with E-state index in [0.717, 1.165) is 36.2 Å². The second-order valence-corrected chi connectivity index (χ2v) is 7.08. The topological polar surface area (TPSA) is 22.1 Å². The van der Waals surface area contributed by atoms with Gasteiger partial charge in [-0.1, -0.05) is 67.9 Å². The van der Waals surface area contributed by atoms with Crippen molar-refractivity contribution in [2.75, 3.05) is 0 Å². The van der Waals surface area contributed by atoms with E-state index in [1.165, 1.54) is 21.7 Å². The highest BCUT2D eigenvalue weighted by molar-refractivity contribution is 6.06. The minimum atomic E-state index is 0.0742. The van der Waals surface area contributed by atoms with Crippen LogP contribution in [-0.4, -0.2) is 4.98 Å². The summed E-state index contributed by atoms with van der Waals surface area (Å²) in [5.74, 6) is 0.884. The maximum absolute atomic E-state index is 6.42. The van der Waals surface area contributed by atoms with Crippen LogP contribution in [-0.2, 0) is 0 Å². The minimum Gasteiger partial charge on any atom is -0.486 e. The molecule has 0 aliphatic rings. The Hall–Kier alpha value is -2.87. The number of hydrogen-bond acceptors (Lipinski definition) is 2. The van der Waals surface area contributed by atoms with Crippen molar-refractivity contribution < 1.29 is 4.74 Å². The van der Waals surface area contributed by atoms with Gasteiger partial charge in [0.2, 0.25) is 0 Å². The van der Waals surface area contributed by atoms with Gasteiger partial charge in [0.15, 0.2) is 0 Å². The van der Waals surface area contributed by atoms with E-state index in [9.17, 15) is 0 Å². The fourth-order valence-corrected chi connectivity index (χ4v) is 3.69. The standard InChI is InChI=1S/C25H25NO/c1-3-4-14-25(19-10-6-5-7-11-19)27-20-15-16-23-22-13-9-8-12-21(22)18(2)26-24(23)17-20/h5-13,15-17,25H,3-4,14H2,1-2H3. The molecule has 0 aliphatic carbocycles. The molecule has 136 valence electrons. The number of nitrogens with zero attached hydrogens (tertiary/aromatic N) is 1. The molecular weight excluding hydrogens is 330 g/mol. The van der Waals surface area contributed by atoms with Gasteiger partial charge in [-0.15, -0.1) is 0 Å². The Labute approximate surface area is 160 Å². The van der Waals surface area contributed by atoms with Gasteiger partial charge in [-0.2, -0.15) is 0 Å². The van der Waals surface area contributed by atoms with Crippen LogP contribution in [0.3, 0.4) is 0 Å². The molecule has 0 saturated heterocycles. The summed E-state index contributed by atoms with van der Waals surface area (Å²) in [6, 6.07) is 25.3. The molecule has 4 aromatic rings. The van der Waals surface area contributed by atoms with E-state index in [1.54, 1.807) is 0 Å². The van der Waals surface area contributed by atoms with Gasteiger partial charge >= 0.3 is 0 Å². The summed E-state index contributed by atoms with van der Waals surface area (Å²) >= 11 is 0. The lowest BCUT2D eigenvalue weighted by molar-refractivity contribution is 0.191. The highest BCUT2D eigenvalue weighted by Gasteiger charge is 2.14. The third-order valence-corrected chi connectivity index (χ3v) is 5.13. The van der Waals surface area contributed by atoms with Gasteiger partial charge in [0.1, 0.15) is 11.9 Å². The lowest BCUT2D eigenvalue weighted by Crippen LogP contribution is -2.07.